The molecule has 118 valence electrons. The van der Waals surface area contributed by atoms with Gasteiger partial charge in [0.15, 0.2) is 5.65 Å². The fraction of sp³-hybridized carbons (Fsp3) is 0.500. The smallest absolute Gasteiger partial charge is 0.297 e. The van der Waals surface area contributed by atoms with Crippen LogP contribution in [0.25, 0.3) is 5.65 Å². The Kier molecular flexibility index (Phi) is 4.02. The van der Waals surface area contributed by atoms with Gasteiger partial charge in [-0.25, -0.2) is 8.78 Å². The number of piperidine rings is 1. The molecule has 1 aliphatic rings. The lowest BCUT2D eigenvalue weighted by Crippen LogP contribution is -2.45. The van der Waals surface area contributed by atoms with Gasteiger partial charge in [0, 0.05) is 12.7 Å². The number of hydrogen-bond donors (Lipinski definition) is 1. The summed E-state index contributed by atoms with van der Waals surface area (Å²) in [6, 6.07) is 2.82. The second-order valence-electron chi connectivity index (χ2n) is 5.34. The molecule has 0 saturated carbocycles. The van der Waals surface area contributed by atoms with Crippen molar-refractivity contribution in [3.05, 3.63) is 29.7 Å². The number of alkyl halides is 2. The van der Waals surface area contributed by atoms with Crippen molar-refractivity contribution >= 4 is 11.6 Å². The number of carbonyl (C=O) groups is 1. The number of pyridine rings is 1. The van der Waals surface area contributed by atoms with Crippen LogP contribution in [0.2, 0.25) is 0 Å². The predicted molar refractivity (Wildman–Crippen MR) is 73.7 cm³/mol. The summed E-state index contributed by atoms with van der Waals surface area (Å²) in [4.78, 5) is 14.2. The van der Waals surface area contributed by atoms with Crippen molar-refractivity contribution in [2.45, 2.75) is 31.7 Å². The van der Waals surface area contributed by atoms with E-state index >= 15 is 0 Å². The van der Waals surface area contributed by atoms with E-state index in [1.54, 1.807) is 11.0 Å². The molecule has 8 heteroatoms. The van der Waals surface area contributed by atoms with Crippen LogP contribution in [0, 0.1) is 0 Å². The summed E-state index contributed by atoms with van der Waals surface area (Å²) in [5.41, 5.74) is 0.554. The molecule has 1 N–H and O–H groups in total. The van der Waals surface area contributed by atoms with E-state index in [4.69, 9.17) is 0 Å². The summed E-state index contributed by atoms with van der Waals surface area (Å²) < 4.78 is 26.9. The van der Waals surface area contributed by atoms with E-state index in [0.29, 0.717) is 6.54 Å². The van der Waals surface area contributed by atoms with E-state index in [1.165, 1.54) is 12.3 Å². The summed E-state index contributed by atoms with van der Waals surface area (Å²) in [6.45, 7) is 0.467. The van der Waals surface area contributed by atoms with Crippen LogP contribution in [0.4, 0.5) is 8.78 Å². The van der Waals surface area contributed by atoms with Crippen molar-refractivity contribution in [1.29, 1.82) is 0 Å². The van der Waals surface area contributed by atoms with Crippen LogP contribution in [0.3, 0.4) is 0 Å². The quantitative estimate of drug-likeness (QED) is 0.936. The Bertz CT molecular complexity index is 689. The average molecular weight is 310 g/mol. The van der Waals surface area contributed by atoms with Gasteiger partial charge in [-0.15, -0.1) is 10.2 Å². The van der Waals surface area contributed by atoms with Crippen LogP contribution in [-0.4, -0.2) is 49.7 Å². The second kappa shape index (κ2) is 5.96. The maximum atomic E-state index is 12.9. The maximum absolute atomic E-state index is 12.9. The Balaban J connectivity index is 1.95. The molecule has 1 amide bonds. The lowest BCUT2D eigenvalue weighted by Gasteiger charge is -2.34. The van der Waals surface area contributed by atoms with Gasteiger partial charge in [-0.2, -0.15) is 0 Å². The Morgan fingerprint density at radius 3 is 2.91 bits per heavy atom. The first kappa shape index (κ1) is 14.8. The van der Waals surface area contributed by atoms with Gasteiger partial charge in [0.25, 0.3) is 12.3 Å². The van der Waals surface area contributed by atoms with Crippen molar-refractivity contribution in [3.8, 4) is 0 Å². The number of aromatic nitrogens is 3. The number of hydrogen-bond acceptors (Lipinski definition) is 4. The summed E-state index contributed by atoms with van der Waals surface area (Å²) in [5, 5.41) is 16.5. The molecule has 2 aromatic rings. The van der Waals surface area contributed by atoms with Gasteiger partial charge < -0.3 is 10.0 Å². The third-order valence-electron chi connectivity index (χ3n) is 3.97. The van der Waals surface area contributed by atoms with Crippen molar-refractivity contribution < 1.29 is 18.7 Å². The van der Waals surface area contributed by atoms with E-state index < -0.39 is 12.2 Å². The van der Waals surface area contributed by atoms with Gasteiger partial charge in [-0.3, -0.25) is 9.20 Å². The summed E-state index contributed by atoms with van der Waals surface area (Å²) >= 11 is 0. The summed E-state index contributed by atoms with van der Waals surface area (Å²) in [5.74, 6) is -0.753. The molecule has 0 bridgehead atoms. The minimum absolute atomic E-state index is 0.0943. The zero-order valence-electron chi connectivity index (χ0n) is 11.8. The van der Waals surface area contributed by atoms with Crippen molar-refractivity contribution in [2.75, 3.05) is 13.2 Å². The number of rotatable bonds is 3. The molecule has 6 nitrogen and oxygen atoms in total. The first-order valence-electron chi connectivity index (χ1n) is 7.16. The van der Waals surface area contributed by atoms with Crippen LogP contribution >= 0.6 is 0 Å². The molecule has 1 saturated heterocycles. The van der Waals surface area contributed by atoms with Gasteiger partial charge in [-0.1, -0.05) is 0 Å². The number of aliphatic hydroxyl groups is 1. The van der Waals surface area contributed by atoms with E-state index in [1.807, 2.05) is 0 Å². The number of amides is 1. The normalized spacial score (nSPS) is 19.1. The number of likely N-dealkylation sites (tertiary alicyclic amines) is 1. The monoisotopic (exact) mass is 310 g/mol. The highest BCUT2D eigenvalue weighted by atomic mass is 19.3. The SMILES string of the molecule is O=C(c1ccc2nnc(C(F)F)n2c1)N1CCCCC1CO. The fourth-order valence-corrected chi connectivity index (χ4v) is 2.81. The Morgan fingerprint density at radius 1 is 1.36 bits per heavy atom. The third-order valence-corrected chi connectivity index (χ3v) is 3.97. The zero-order valence-corrected chi connectivity index (χ0v) is 11.8. The molecule has 2 aromatic heterocycles. The fourth-order valence-electron chi connectivity index (χ4n) is 2.81. The van der Waals surface area contributed by atoms with Crippen LogP contribution in [0.5, 0.6) is 0 Å². The molecular weight excluding hydrogens is 294 g/mol. The van der Waals surface area contributed by atoms with Crippen LogP contribution in [0.1, 0.15) is 41.9 Å². The number of aliphatic hydroxyl groups excluding tert-OH is 1. The highest BCUT2D eigenvalue weighted by Crippen LogP contribution is 2.21. The van der Waals surface area contributed by atoms with Crippen LogP contribution in [0.15, 0.2) is 18.3 Å². The second-order valence-corrected chi connectivity index (χ2v) is 5.34. The molecule has 1 fully saturated rings. The highest BCUT2D eigenvalue weighted by Gasteiger charge is 2.27. The summed E-state index contributed by atoms with van der Waals surface area (Å²) in [6.07, 6.45) is 1.16. The van der Waals surface area contributed by atoms with Crippen LogP contribution < -0.4 is 0 Å². The first-order valence-corrected chi connectivity index (χ1v) is 7.16. The van der Waals surface area contributed by atoms with Crippen molar-refractivity contribution in [3.63, 3.8) is 0 Å². The van der Waals surface area contributed by atoms with Crippen molar-refractivity contribution in [2.24, 2.45) is 0 Å². The Hall–Kier alpha value is -2.09. The Morgan fingerprint density at radius 2 is 2.18 bits per heavy atom. The molecule has 0 aliphatic carbocycles. The Labute approximate surface area is 125 Å². The largest absolute Gasteiger partial charge is 0.394 e. The molecule has 3 heterocycles. The predicted octanol–water partition coefficient (Wildman–Crippen LogP) is 1.65. The van der Waals surface area contributed by atoms with Gasteiger partial charge >= 0.3 is 0 Å². The number of fused-ring (bicyclic) bond motifs is 1. The van der Waals surface area contributed by atoms with Gasteiger partial charge in [0.1, 0.15) is 0 Å². The first-order chi connectivity index (χ1) is 10.6. The molecule has 22 heavy (non-hydrogen) atoms. The topological polar surface area (TPSA) is 70.7 Å². The zero-order chi connectivity index (χ0) is 15.7. The summed E-state index contributed by atoms with van der Waals surface area (Å²) in [7, 11) is 0. The lowest BCUT2D eigenvalue weighted by atomic mass is 10.0. The average Bonchev–Trinajstić information content (AvgIpc) is 2.97. The van der Waals surface area contributed by atoms with Crippen molar-refractivity contribution in [1.82, 2.24) is 19.5 Å². The molecule has 1 atom stereocenters. The number of nitrogens with zero attached hydrogens (tertiary/aromatic N) is 4. The maximum Gasteiger partial charge on any atom is 0.297 e. The minimum Gasteiger partial charge on any atom is -0.394 e. The lowest BCUT2D eigenvalue weighted by molar-refractivity contribution is 0.0502. The van der Waals surface area contributed by atoms with Gasteiger partial charge in [0.2, 0.25) is 5.82 Å². The van der Waals surface area contributed by atoms with Crippen LogP contribution in [-0.2, 0) is 0 Å². The minimum atomic E-state index is -2.76. The number of halogens is 2. The van der Waals surface area contributed by atoms with Gasteiger partial charge in [0.05, 0.1) is 18.2 Å². The molecule has 0 radical (unpaired) electrons. The van der Waals surface area contributed by atoms with E-state index in [-0.39, 0.29) is 29.8 Å². The molecule has 0 aromatic carbocycles. The standard InChI is InChI=1S/C14H16F2N4O2/c15-12(16)13-18-17-11-5-4-9(7-20(11)13)14(22)19-6-2-1-3-10(19)8-21/h4-5,7,10,12,21H,1-3,6,8H2. The molecule has 3 rings (SSSR count). The molecular formula is C14H16F2N4O2. The molecule has 0 spiro atoms. The van der Waals surface area contributed by atoms with Gasteiger partial charge in [-0.05, 0) is 31.4 Å². The van der Waals surface area contributed by atoms with E-state index in [0.717, 1.165) is 23.7 Å². The highest BCUT2D eigenvalue weighted by molar-refractivity contribution is 5.94. The molecule has 1 unspecified atom stereocenters. The molecule has 1 aliphatic heterocycles. The van der Waals surface area contributed by atoms with E-state index in [9.17, 15) is 18.7 Å². The number of carbonyl (C=O) groups excluding carboxylic acids is 1. The van der Waals surface area contributed by atoms with E-state index in [2.05, 4.69) is 10.2 Å². The third kappa shape index (κ3) is 2.54.